The van der Waals surface area contributed by atoms with E-state index in [2.05, 4.69) is 0 Å². The highest BCUT2D eigenvalue weighted by Crippen LogP contribution is 2.55. The van der Waals surface area contributed by atoms with Crippen molar-refractivity contribution >= 4 is 21.4 Å². The number of hydrogen-bond acceptors (Lipinski definition) is 4. The first kappa shape index (κ1) is 20.6. The van der Waals surface area contributed by atoms with Crippen LogP contribution in [-0.2, 0) is 19.3 Å². The fraction of sp³-hybridized carbons (Fsp3) is 0.429. The molecule has 4 nitrogen and oxygen atoms in total. The molecule has 0 amide bonds. The van der Waals surface area contributed by atoms with Crippen molar-refractivity contribution in [2.24, 2.45) is 5.92 Å². The van der Waals surface area contributed by atoms with Gasteiger partial charge in [0.15, 0.2) is 21.4 Å². The van der Waals surface area contributed by atoms with E-state index >= 15 is 4.39 Å². The van der Waals surface area contributed by atoms with Crippen LogP contribution in [0.2, 0.25) is 5.02 Å². The molecule has 1 fully saturated rings. The maximum absolute atomic E-state index is 15.1. The molecule has 2 aliphatic heterocycles. The van der Waals surface area contributed by atoms with Gasteiger partial charge in [0.1, 0.15) is 10.6 Å². The lowest BCUT2D eigenvalue weighted by atomic mass is 9.75. The molecule has 0 spiro atoms. The summed E-state index contributed by atoms with van der Waals surface area (Å²) < 4.78 is 67.4. The Balaban J connectivity index is 2.01. The van der Waals surface area contributed by atoms with Gasteiger partial charge in [-0.2, -0.15) is 0 Å². The van der Waals surface area contributed by atoms with Crippen LogP contribution in [0.5, 0.6) is 5.75 Å². The topological polar surface area (TPSA) is 52.6 Å². The zero-order chi connectivity index (χ0) is 20.8. The molecule has 2 aromatic carbocycles. The van der Waals surface area contributed by atoms with Crippen molar-refractivity contribution in [3.05, 3.63) is 58.6 Å². The molecule has 0 bridgehead atoms. The van der Waals surface area contributed by atoms with Gasteiger partial charge < -0.3 is 9.47 Å². The van der Waals surface area contributed by atoms with Crippen LogP contribution >= 0.6 is 11.6 Å². The summed E-state index contributed by atoms with van der Waals surface area (Å²) in [5.41, 5.74) is -0.229. The van der Waals surface area contributed by atoms with Gasteiger partial charge in [0.05, 0.1) is 23.2 Å². The second kappa shape index (κ2) is 7.52. The van der Waals surface area contributed by atoms with E-state index in [9.17, 15) is 12.8 Å². The van der Waals surface area contributed by atoms with Crippen molar-refractivity contribution in [2.75, 3.05) is 13.2 Å². The van der Waals surface area contributed by atoms with Crippen molar-refractivity contribution in [3.63, 3.8) is 0 Å². The molecule has 4 rings (SSSR count). The molecule has 8 heteroatoms. The van der Waals surface area contributed by atoms with Gasteiger partial charge in [0.25, 0.3) is 0 Å². The largest absolute Gasteiger partial charge is 0.490 e. The van der Waals surface area contributed by atoms with Crippen LogP contribution in [0, 0.1) is 17.6 Å². The van der Waals surface area contributed by atoms with Gasteiger partial charge in [-0.3, -0.25) is 0 Å². The van der Waals surface area contributed by atoms with Gasteiger partial charge in [-0.05, 0) is 49.2 Å². The second-order valence-corrected chi connectivity index (χ2v) is 10.1. The van der Waals surface area contributed by atoms with E-state index in [4.69, 9.17) is 21.1 Å². The normalized spacial score (nSPS) is 26.3. The van der Waals surface area contributed by atoms with Crippen molar-refractivity contribution in [1.82, 2.24) is 0 Å². The predicted octanol–water partition coefficient (Wildman–Crippen LogP) is 4.89. The molecule has 1 saturated heterocycles. The minimum Gasteiger partial charge on any atom is -0.490 e. The Hall–Kier alpha value is -1.70. The lowest BCUT2D eigenvalue weighted by Crippen LogP contribution is -2.57. The summed E-state index contributed by atoms with van der Waals surface area (Å²) in [6.45, 7) is 2.03. The molecule has 0 aromatic heterocycles. The first-order chi connectivity index (χ1) is 13.8. The Bertz CT molecular complexity index is 1020. The monoisotopic (exact) mass is 442 g/mol. The third-order valence-corrected chi connectivity index (χ3v) is 8.73. The Kier molecular flexibility index (Phi) is 5.34. The van der Waals surface area contributed by atoms with Gasteiger partial charge in [-0.1, -0.05) is 24.9 Å². The van der Waals surface area contributed by atoms with Crippen molar-refractivity contribution in [2.45, 2.75) is 41.9 Å². The van der Waals surface area contributed by atoms with Gasteiger partial charge in [0.2, 0.25) is 0 Å². The van der Waals surface area contributed by atoms with Gasteiger partial charge in [-0.25, -0.2) is 17.2 Å². The minimum absolute atomic E-state index is 0.0135. The Morgan fingerprint density at radius 3 is 2.52 bits per heavy atom. The zero-order valence-electron chi connectivity index (χ0n) is 15.8. The van der Waals surface area contributed by atoms with E-state index in [-0.39, 0.29) is 35.8 Å². The van der Waals surface area contributed by atoms with E-state index in [0.29, 0.717) is 11.4 Å². The fourth-order valence-electron chi connectivity index (χ4n) is 4.62. The average molecular weight is 443 g/mol. The molecule has 0 aliphatic carbocycles. The highest BCUT2D eigenvalue weighted by molar-refractivity contribution is 7.92. The molecule has 0 N–H and O–H groups in total. The van der Waals surface area contributed by atoms with E-state index in [1.807, 2.05) is 6.92 Å². The SMILES string of the molecule is CCC[C@H]1OCC[C@]2(S(=O)(=O)c3ccc(Cl)cc3)c3c(F)ccc(F)c3OC[C@H]12. The molecule has 29 heavy (non-hydrogen) atoms. The molecule has 0 saturated carbocycles. The molecule has 0 unspecified atom stereocenters. The number of fused-ring (bicyclic) bond motifs is 3. The quantitative estimate of drug-likeness (QED) is 0.676. The third kappa shape index (κ3) is 3.05. The summed E-state index contributed by atoms with van der Waals surface area (Å²) in [6.07, 6.45) is 0.931. The number of rotatable bonds is 4. The summed E-state index contributed by atoms with van der Waals surface area (Å²) >= 11 is 5.93. The van der Waals surface area contributed by atoms with E-state index in [1.54, 1.807) is 0 Å². The summed E-state index contributed by atoms with van der Waals surface area (Å²) in [5, 5.41) is 0.387. The third-order valence-electron chi connectivity index (χ3n) is 5.92. The number of halogens is 3. The lowest BCUT2D eigenvalue weighted by molar-refractivity contribution is -0.0760. The van der Waals surface area contributed by atoms with Gasteiger partial charge >= 0.3 is 0 Å². The molecule has 3 atom stereocenters. The highest BCUT2D eigenvalue weighted by atomic mass is 35.5. The fourth-order valence-corrected chi connectivity index (χ4v) is 7.09. The Morgan fingerprint density at radius 1 is 1.14 bits per heavy atom. The van der Waals surface area contributed by atoms with Crippen LogP contribution in [0.25, 0.3) is 0 Å². The van der Waals surface area contributed by atoms with Crippen molar-refractivity contribution in [1.29, 1.82) is 0 Å². The van der Waals surface area contributed by atoms with Crippen molar-refractivity contribution < 1.29 is 26.7 Å². The Morgan fingerprint density at radius 2 is 1.83 bits per heavy atom. The first-order valence-corrected chi connectivity index (χ1v) is 11.4. The first-order valence-electron chi connectivity index (χ1n) is 9.56. The van der Waals surface area contributed by atoms with Crippen LogP contribution in [0.4, 0.5) is 8.78 Å². The predicted molar refractivity (Wildman–Crippen MR) is 105 cm³/mol. The molecule has 2 aromatic rings. The van der Waals surface area contributed by atoms with Crippen LogP contribution in [-0.4, -0.2) is 27.7 Å². The lowest BCUT2D eigenvalue weighted by Gasteiger charge is -2.50. The van der Waals surface area contributed by atoms with Crippen LogP contribution < -0.4 is 4.74 Å². The van der Waals surface area contributed by atoms with Crippen molar-refractivity contribution in [3.8, 4) is 5.75 Å². The van der Waals surface area contributed by atoms with Crippen LogP contribution in [0.1, 0.15) is 31.7 Å². The number of hydrogen-bond donors (Lipinski definition) is 0. The molecule has 2 heterocycles. The van der Waals surface area contributed by atoms with Crippen LogP contribution in [0.15, 0.2) is 41.3 Å². The molecule has 156 valence electrons. The van der Waals surface area contributed by atoms with Gasteiger partial charge in [0, 0.05) is 17.5 Å². The van der Waals surface area contributed by atoms with E-state index < -0.39 is 38.2 Å². The molecule has 0 radical (unpaired) electrons. The summed E-state index contributed by atoms with van der Waals surface area (Å²) in [5.74, 6) is -2.55. The maximum atomic E-state index is 15.1. The van der Waals surface area contributed by atoms with Crippen LogP contribution in [0.3, 0.4) is 0 Å². The number of sulfone groups is 1. The second-order valence-electron chi connectivity index (χ2n) is 7.45. The molecular formula is C21H21ClF2O4S. The maximum Gasteiger partial charge on any atom is 0.189 e. The zero-order valence-corrected chi connectivity index (χ0v) is 17.4. The van der Waals surface area contributed by atoms with E-state index in [0.717, 1.165) is 18.6 Å². The highest BCUT2D eigenvalue weighted by Gasteiger charge is 2.61. The summed E-state index contributed by atoms with van der Waals surface area (Å²) in [4.78, 5) is 0.0144. The molecular weight excluding hydrogens is 422 g/mol. The van der Waals surface area contributed by atoms with E-state index in [1.165, 1.54) is 24.3 Å². The number of benzene rings is 2. The summed E-state index contributed by atoms with van der Waals surface area (Å²) in [6, 6.07) is 7.68. The smallest absolute Gasteiger partial charge is 0.189 e. The summed E-state index contributed by atoms with van der Waals surface area (Å²) in [7, 11) is -4.13. The standard InChI is InChI=1S/C21H21ClF2O4S/c1-2-3-18-15-12-28-20-17(24)9-8-16(23)19(20)21(15,10-11-27-18)29(25,26)14-6-4-13(22)5-7-14/h4-9,15,18H,2-3,10-12H2,1H3/t15-,18-,21-/m1/s1. The molecule has 2 aliphatic rings. The number of ether oxygens (including phenoxy) is 2. The Labute approximate surface area is 173 Å². The van der Waals surface area contributed by atoms with Gasteiger partial charge in [-0.15, -0.1) is 0 Å². The average Bonchev–Trinajstić information content (AvgIpc) is 2.71. The minimum atomic E-state index is -4.13.